The first-order valence-electron chi connectivity index (χ1n) is 4.06. The molecular weight excluding hydrogens is 120 g/mol. The Hall–Kier alpha value is -0.780. The second-order valence-electron chi connectivity index (χ2n) is 3.42. The highest BCUT2D eigenvalue weighted by molar-refractivity contribution is 5.48. The van der Waals surface area contributed by atoms with Crippen molar-refractivity contribution in [3.63, 3.8) is 0 Å². The van der Waals surface area contributed by atoms with Crippen LogP contribution >= 0.6 is 0 Å². The van der Waals surface area contributed by atoms with E-state index in [1.54, 1.807) is 16.7 Å². The molecule has 0 nitrogen and oxygen atoms in total. The summed E-state index contributed by atoms with van der Waals surface area (Å²) in [5, 5.41) is 0. The van der Waals surface area contributed by atoms with Gasteiger partial charge in [0.25, 0.3) is 0 Å². The molecule has 0 spiro atoms. The maximum Gasteiger partial charge on any atom is -0.0115 e. The Labute approximate surface area is 60.9 Å². The van der Waals surface area contributed by atoms with E-state index in [9.17, 15) is 0 Å². The van der Waals surface area contributed by atoms with Crippen molar-refractivity contribution in [2.45, 2.75) is 25.2 Å². The Morgan fingerprint density at radius 2 is 2.30 bits per heavy atom. The van der Waals surface area contributed by atoms with E-state index in [0.29, 0.717) is 0 Å². The molecule has 0 amide bonds. The van der Waals surface area contributed by atoms with Crippen LogP contribution in [-0.2, 0) is 12.8 Å². The minimum atomic E-state index is 0.948. The first kappa shape index (κ1) is 4.95. The van der Waals surface area contributed by atoms with Crippen LogP contribution in [0.15, 0.2) is 18.2 Å². The summed E-state index contributed by atoms with van der Waals surface area (Å²) in [4.78, 5) is 0. The van der Waals surface area contributed by atoms with Crippen molar-refractivity contribution in [1.82, 2.24) is 0 Å². The number of hydrogen-bond acceptors (Lipinski definition) is 0. The average Bonchev–Trinajstić information content (AvgIpc) is 1.96. The zero-order chi connectivity index (χ0) is 6.55. The summed E-state index contributed by atoms with van der Waals surface area (Å²) < 4.78 is 0. The third-order valence-corrected chi connectivity index (χ3v) is 2.96. The van der Waals surface area contributed by atoms with Gasteiger partial charge < -0.3 is 0 Å². The van der Waals surface area contributed by atoms with Crippen LogP contribution in [0.5, 0.6) is 0 Å². The molecule has 1 atom stereocenters. The van der Waals surface area contributed by atoms with E-state index in [0.717, 1.165) is 5.92 Å². The van der Waals surface area contributed by atoms with Gasteiger partial charge in [-0.25, -0.2) is 0 Å². The quantitative estimate of drug-likeness (QED) is 0.505. The molecule has 0 N–H and O–H groups in total. The second-order valence-corrected chi connectivity index (χ2v) is 3.42. The van der Waals surface area contributed by atoms with Crippen LogP contribution in [0.4, 0.5) is 0 Å². The van der Waals surface area contributed by atoms with E-state index >= 15 is 0 Å². The fourth-order valence-electron chi connectivity index (χ4n) is 2.33. The van der Waals surface area contributed by atoms with Crippen molar-refractivity contribution in [3.05, 3.63) is 34.9 Å². The summed E-state index contributed by atoms with van der Waals surface area (Å²) in [7, 11) is 0. The molecule has 0 saturated heterocycles. The molecule has 1 unspecified atom stereocenters. The van der Waals surface area contributed by atoms with Crippen LogP contribution < -0.4 is 0 Å². The third kappa shape index (κ3) is 0.406. The van der Waals surface area contributed by atoms with E-state index in [-0.39, 0.29) is 0 Å². The maximum absolute atomic E-state index is 2.30. The molecule has 10 heavy (non-hydrogen) atoms. The average molecular weight is 130 g/mol. The topological polar surface area (TPSA) is 0 Å². The van der Waals surface area contributed by atoms with Gasteiger partial charge in [-0.05, 0) is 41.9 Å². The van der Waals surface area contributed by atoms with Gasteiger partial charge in [0.2, 0.25) is 0 Å². The maximum atomic E-state index is 2.30. The first-order valence-corrected chi connectivity index (χ1v) is 4.06. The summed E-state index contributed by atoms with van der Waals surface area (Å²) in [6.07, 6.45) is 4.13. The van der Waals surface area contributed by atoms with Crippen LogP contribution in [0.25, 0.3) is 0 Å². The summed E-state index contributed by atoms with van der Waals surface area (Å²) in [6, 6.07) is 6.79. The smallest absolute Gasteiger partial charge is 0.0115 e. The lowest BCUT2D eigenvalue weighted by molar-refractivity contribution is 0.514. The van der Waals surface area contributed by atoms with Crippen LogP contribution in [0.2, 0.25) is 0 Å². The fraction of sp³-hybridized carbons (Fsp3) is 0.400. The minimum absolute atomic E-state index is 0.948. The van der Waals surface area contributed by atoms with E-state index in [1.165, 1.54) is 19.3 Å². The zero-order valence-corrected chi connectivity index (χ0v) is 5.93. The predicted octanol–water partition coefficient (Wildman–Crippen LogP) is 2.27. The molecule has 0 fully saturated rings. The largest absolute Gasteiger partial charge is 0.0617 e. The van der Waals surface area contributed by atoms with Gasteiger partial charge in [-0.3, -0.25) is 0 Å². The van der Waals surface area contributed by atoms with Crippen molar-refractivity contribution >= 4 is 0 Å². The van der Waals surface area contributed by atoms with Crippen molar-refractivity contribution < 1.29 is 0 Å². The lowest BCUT2D eigenvalue weighted by Crippen LogP contribution is -2.24. The number of benzene rings is 1. The molecule has 1 aromatic carbocycles. The molecule has 4 bridgehead atoms. The van der Waals surface area contributed by atoms with Gasteiger partial charge in [-0.15, -0.1) is 0 Å². The summed E-state index contributed by atoms with van der Waals surface area (Å²) in [5.74, 6) is 0.948. The molecule has 0 saturated carbocycles. The lowest BCUT2D eigenvalue weighted by Gasteiger charge is -2.37. The number of aryl methyl sites for hydroxylation is 1. The minimum Gasteiger partial charge on any atom is -0.0617 e. The summed E-state index contributed by atoms with van der Waals surface area (Å²) >= 11 is 0. The van der Waals surface area contributed by atoms with Crippen LogP contribution in [0, 0.1) is 0 Å². The first-order chi connectivity index (χ1) is 4.95. The molecule has 50 valence electrons. The molecule has 1 aromatic rings. The highest BCUT2D eigenvalue weighted by atomic mass is 14.4. The summed E-state index contributed by atoms with van der Waals surface area (Å²) in [6.45, 7) is 0. The molecule has 0 heteroatoms. The van der Waals surface area contributed by atoms with Gasteiger partial charge in [-0.1, -0.05) is 18.2 Å². The Morgan fingerprint density at radius 1 is 1.30 bits per heavy atom. The Kier molecular flexibility index (Phi) is 0.715. The standard InChI is InChI=1S/C10H10/c1-2-7-4-5-8-6-10(7)9(8)3-1/h1-3,8H,4-6H2. The number of rotatable bonds is 0. The van der Waals surface area contributed by atoms with Crippen LogP contribution in [0.3, 0.4) is 0 Å². The molecule has 0 aromatic heterocycles. The predicted molar refractivity (Wildman–Crippen MR) is 41.2 cm³/mol. The third-order valence-electron chi connectivity index (χ3n) is 2.96. The Balaban J connectivity index is 2.36. The van der Waals surface area contributed by atoms with Crippen molar-refractivity contribution in [2.75, 3.05) is 0 Å². The van der Waals surface area contributed by atoms with E-state index in [2.05, 4.69) is 18.2 Å². The van der Waals surface area contributed by atoms with Gasteiger partial charge in [0, 0.05) is 0 Å². The van der Waals surface area contributed by atoms with E-state index in [1.807, 2.05) is 0 Å². The highest BCUT2D eigenvalue weighted by Gasteiger charge is 2.31. The van der Waals surface area contributed by atoms with E-state index in [4.69, 9.17) is 0 Å². The Bertz CT molecular complexity index is 272. The van der Waals surface area contributed by atoms with Gasteiger partial charge in [0.1, 0.15) is 0 Å². The van der Waals surface area contributed by atoms with Crippen LogP contribution in [-0.4, -0.2) is 0 Å². The second kappa shape index (κ2) is 1.45. The molecule has 0 radical (unpaired) electrons. The van der Waals surface area contributed by atoms with Gasteiger partial charge in [0.05, 0.1) is 0 Å². The van der Waals surface area contributed by atoms with E-state index < -0.39 is 0 Å². The van der Waals surface area contributed by atoms with Crippen molar-refractivity contribution in [1.29, 1.82) is 0 Å². The monoisotopic (exact) mass is 130 g/mol. The molecule has 0 heterocycles. The molecule has 0 aliphatic heterocycles. The zero-order valence-electron chi connectivity index (χ0n) is 5.93. The van der Waals surface area contributed by atoms with Crippen molar-refractivity contribution in [3.8, 4) is 0 Å². The Morgan fingerprint density at radius 3 is 3.00 bits per heavy atom. The molecule has 2 aliphatic carbocycles. The lowest BCUT2D eigenvalue weighted by atomic mass is 9.67. The molecule has 3 rings (SSSR count). The van der Waals surface area contributed by atoms with Crippen LogP contribution in [0.1, 0.15) is 29.0 Å². The fourth-order valence-corrected chi connectivity index (χ4v) is 2.33. The molecule has 2 aliphatic rings. The van der Waals surface area contributed by atoms with Crippen molar-refractivity contribution in [2.24, 2.45) is 0 Å². The number of hydrogen-bond donors (Lipinski definition) is 0. The summed E-state index contributed by atoms with van der Waals surface area (Å²) in [5.41, 5.74) is 4.96. The van der Waals surface area contributed by atoms with Gasteiger partial charge >= 0.3 is 0 Å². The SMILES string of the molecule is c1cc2c3c(c1)C(CC2)C3. The van der Waals surface area contributed by atoms with Gasteiger partial charge in [-0.2, -0.15) is 0 Å². The van der Waals surface area contributed by atoms with Gasteiger partial charge in [0.15, 0.2) is 0 Å². The molecular formula is C10H10. The highest BCUT2D eigenvalue weighted by Crippen LogP contribution is 2.44. The normalized spacial score (nSPS) is 25.8.